The Morgan fingerprint density at radius 3 is 2.78 bits per heavy atom. The van der Waals surface area contributed by atoms with Gasteiger partial charge in [-0.1, -0.05) is 6.07 Å². The maximum absolute atomic E-state index is 13.2. The molecule has 0 atom stereocenters. The molecule has 1 N–H and O–H groups in total. The van der Waals surface area contributed by atoms with Crippen molar-refractivity contribution in [3.05, 3.63) is 59.7 Å². The smallest absolute Gasteiger partial charge is 0.213 e. The molecule has 1 aromatic carbocycles. The summed E-state index contributed by atoms with van der Waals surface area (Å²) in [7, 11) is 2.04. The lowest BCUT2D eigenvalue weighted by atomic mass is 10.2. The van der Waals surface area contributed by atoms with E-state index in [9.17, 15) is 4.39 Å². The van der Waals surface area contributed by atoms with Gasteiger partial charge in [0.15, 0.2) is 0 Å². The SMILES string of the molecule is CCOc1ccc(CN(C)Cc2cc3cc(F)ccc3[nH]2)cn1. The average Bonchev–Trinajstić information content (AvgIpc) is 2.90. The van der Waals surface area contributed by atoms with Crippen LogP contribution in [0.1, 0.15) is 18.2 Å². The van der Waals surface area contributed by atoms with E-state index in [4.69, 9.17) is 4.74 Å². The van der Waals surface area contributed by atoms with Crippen LogP contribution >= 0.6 is 0 Å². The lowest BCUT2D eigenvalue weighted by Gasteiger charge is -2.15. The first-order valence-corrected chi connectivity index (χ1v) is 7.67. The number of nitrogens with one attached hydrogen (secondary N) is 1. The maximum atomic E-state index is 13.2. The Labute approximate surface area is 134 Å². The van der Waals surface area contributed by atoms with E-state index in [1.54, 1.807) is 12.1 Å². The van der Waals surface area contributed by atoms with Gasteiger partial charge in [-0.05, 0) is 43.8 Å². The first kappa shape index (κ1) is 15.5. The number of hydrogen-bond acceptors (Lipinski definition) is 3. The van der Waals surface area contributed by atoms with Gasteiger partial charge in [-0.15, -0.1) is 0 Å². The van der Waals surface area contributed by atoms with Crippen LogP contribution in [0.5, 0.6) is 5.88 Å². The standard InChI is InChI=1S/C18H20FN3O/c1-3-23-18-7-4-13(10-20-18)11-22(2)12-16-9-14-8-15(19)5-6-17(14)21-16/h4-10,21H,3,11-12H2,1-2H3. The Morgan fingerprint density at radius 2 is 2.04 bits per heavy atom. The van der Waals surface area contributed by atoms with Crippen molar-refractivity contribution in [3.63, 3.8) is 0 Å². The number of benzene rings is 1. The molecule has 0 aliphatic rings. The van der Waals surface area contributed by atoms with Gasteiger partial charge in [-0.25, -0.2) is 9.37 Å². The number of rotatable bonds is 6. The van der Waals surface area contributed by atoms with Crippen LogP contribution < -0.4 is 4.74 Å². The summed E-state index contributed by atoms with van der Waals surface area (Å²) in [5, 5.41) is 0.899. The molecule has 0 spiro atoms. The van der Waals surface area contributed by atoms with Crippen molar-refractivity contribution in [2.24, 2.45) is 0 Å². The number of aromatic nitrogens is 2. The normalized spacial score (nSPS) is 11.3. The molecule has 0 radical (unpaired) electrons. The van der Waals surface area contributed by atoms with E-state index < -0.39 is 0 Å². The summed E-state index contributed by atoms with van der Waals surface area (Å²) in [5.41, 5.74) is 3.14. The highest BCUT2D eigenvalue weighted by Crippen LogP contribution is 2.18. The summed E-state index contributed by atoms with van der Waals surface area (Å²) in [5.74, 6) is 0.438. The molecule has 23 heavy (non-hydrogen) atoms. The number of aromatic amines is 1. The van der Waals surface area contributed by atoms with Crippen LogP contribution in [0.3, 0.4) is 0 Å². The molecule has 0 saturated carbocycles. The van der Waals surface area contributed by atoms with Gasteiger partial charge in [0.1, 0.15) is 5.82 Å². The summed E-state index contributed by atoms with van der Waals surface area (Å²) in [4.78, 5) is 9.77. The second kappa shape index (κ2) is 6.79. The van der Waals surface area contributed by atoms with E-state index in [1.807, 2.05) is 38.4 Å². The summed E-state index contributed by atoms with van der Waals surface area (Å²) in [6.07, 6.45) is 1.84. The quantitative estimate of drug-likeness (QED) is 0.754. The predicted octanol–water partition coefficient (Wildman–Crippen LogP) is 3.73. The van der Waals surface area contributed by atoms with Gasteiger partial charge in [0.2, 0.25) is 5.88 Å². The summed E-state index contributed by atoms with van der Waals surface area (Å²) in [6.45, 7) is 4.09. The van der Waals surface area contributed by atoms with Crippen LogP contribution in [-0.2, 0) is 13.1 Å². The van der Waals surface area contributed by atoms with Crippen molar-refractivity contribution in [1.82, 2.24) is 14.9 Å². The second-order valence-electron chi connectivity index (χ2n) is 5.64. The molecule has 0 saturated heterocycles. The minimum atomic E-state index is -0.211. The zero-order chi connectivity index (χ0) is 16.2. The third kappa shape index (κ3) is 3.87. The molecule has 4 nitrogen and oxygen atoms in total. The van der Waals surface area contributed by atoms with Crippen LogP contribution in [0.4, 0.5) is 4.39 Å². The molecule has 0 fully saturated rings. The highest BCUT2D eigenvalue weighted by molar-refractivity contribution is 5.80. The van der Waals surface area contributed by atoms with E-state index in [2.05, 4.69) is 14.9 Å². The van der Waals surface area contributed by atoms with Crippen molar-refractivity contribution < 1.29 is 9.13 Å². The fourth-order valence-corrected chi connectivity index (χ4v) is 2.64. The van der Waals surface area contributed by atoms with Gasteiger partial charge in [0.05, 0.1) is 6.61 Å². The van der Waals surface area contributed by atoms with E-state index in [1.165, 1.54) is 6.07 Å². The van der Waals surface area contributed by atoms with E-state index >= 15 is 0 Å². The predicted molar refractivity (Wildman–Crippen MR) is 88.8 cm³/mol. The number of ether oxygens (including phenoxy) is 1. The van der Waals surface area contributed by atoms with E-state index in [0.717, 1.165) is 35.2 Å². The first-order valence-electron chi connectivity index (χ1n) is 7.67. The fourth-order valence-electron chi connectivity index (χ4n) is 2.64. The molecule has 120 valence electrons. The zero-order valence-corrected chi connectivity index (χ0v) is 13.3. The van der Waals surface area contributed by atoms with Crippen LogP contribution in [0, 0.1) is 5.82 Å². The Balaban J connectivity index is 1.64. The van der Waals surface area contributed by atoms with Crippen molar-refractivity contribution in [2.45, 2.75) is 20.0 Å². The summed E-state index contributed by atoms with van der Waals surface area (Å²) >= 11 is 0. The molecule has 5 heteroatoms. The monoisotopic (exact) mass is 313 g/mol. The minimum Gasteiger partial charge on any atom is -0.478 e. The Bertz CT molecular complexity index is 783. The molecule has 0 unspecified atom stereocenters. The fraction of sp³-hybridized carbons (Fsp3) is 0.278. The molecule has 0 bridgehead atoms. The molecule has 0 amide bonds. The highest BCUT2D eigenvalue weighted by Gasteiger charge is 2.06. The van der Waals surface area contributed by atoms with Gasteiger partial charge in [0.25, 0.3) is 0 Å². The third-order valence-electron chi connectivity index (χ3n) is 3.62. The second-order valence-corrected chi connectivity index (χ2v) is 5.64. The van der Waals surface area contributed by atoms with Gasteiger partial charge >= 0.3 is 0 Å². The lowest BCUT2D eigenvalue weighted by Crippen LogP contribution is -2.17. The van der Waals surface area contributed by atoms with Crippen molar-refractivity contribution >= 4 is 10.9 Å². The Hall–Kier alpha value is -2.40. The Morgan fingerprint density at radius 1 is 1.17 bits per heavy atom. The summed E-state index contributed by atoms with van der Waals surface area (Å²) < 4.78 is 18.6. The van der Waals surface area contributed by atoms with Crippen LogP contribution in [0.2, 0.25) is 0 Å². The number of pyridine rings is 1. The van der Waals surface area contributed by atoms with Crippen LogP contribution in [-0.4, -0.2) is 28.5 Å². The van der Waals surface area contributed by atoms with Crippen molar-refractivity contribution in [1.29, 1.82) is 0 Å². The molecule has 2 heterocycles. The molecule has 3 rings (SSSR count). The van der Waals surface area contributed by atoms with Crippen molar-refractivity contribution in [3.8, 4) is 5.88 Å². The Kier molecular flexibility index (Phi) is 4.57. The van der Waals surface area contributed by atoms with Gasteiger partial charge in [-0.3, -0.25) is 4.90 Å². The van der Waals surface area contributed by atoms with Crippen molar-refractivity contribution in [2.75, 3.05) is 13.7 Å². The van der Waals surface area contributed by atoms with Gasteiger partial charge in [-0.2, -0.15) is 0 Å². The number of H-pyrrole nitrogens is 1. The third-order valence-corrected chi connectivity index (χ3v) is 3.62. The molecular formula is C18H20FN3O. The first-order chi connectivity index (χ1) is 11.1. The molecule has 0 aliphatic heterocycles. The molecule has 2 aromatic heterocycles. The van der Waals surface area contributed by atoms with Gasteiger partial charge < -0.3 is 9.72 Å². The highest BCUT2D eigenvalue weighted by atomic mass is 19.1. The molecule has 0 aliphatic carbocycles. The minimum absolute atomic E-state index is 0.211. The number of hydrogen-bond donors (Lipinski definition) is 1. The molecular weight excluding hydrogens is 293 g/mol. The molecule has 3 aromatic rings. The van der Waals surface area contributed by atoms with E-state index in [-0.39, 0.29) is 5.82 Å². The van der Waals surface area contributed by atoms with Crippen LogP contribution in [0.25, 0.3) is 10.9 Å². The summed E-state index contributed by atoms with van der Waals surface area (Å²) in [6, 6.07) is 10.7. The number of halogens is 1. The maximum Gasteiger partial charge on any atom is 0.213 e. The largest absolute Gasteiger partial charge is 0.478 e. The topological polar surface area (TPSA) is 41.1 Å². The zero-order valence-electron chi connectivity index (χ0n) is 13.3. The number of nitrogens with zero attached hydrogens (tertiary/aromatic N) is 2. The number of fused-ring (bicyclic) bond motifs is 1. The average molecular weight is 313 g/mol. The lowest BCUT2D eigenvalue weighted by molar-refractivity contribution is 0.312. The van der Waals surface area contributed by atoms with E-state index in [0.29, 0.717) is 12.5 Å². The van der Waals surface area contributed by atoms with Crippen LogP contribution in [0.15, 0.2) is 42.6 Å². The van der Waals surface area contributed by atoms with Gasteiger partial charge in [0, 0.05) is 41.9 Å².